The molecule has 153 valence electrons. The zero-order valence-electron chi connectivity index (χ0n) is 19.0. The Hall–Kier alpha value is -0.0831. The third kappa shape index (κ3) is 3.21. The first-order valence-corrected chi connectivity index (χ1v) is 14.6. The number of hydrogen-bond donors (Lipinski definition) is 0. The number of allylic oxidation sites excluding steroid dienone is 1. The predicted molar refractivity (Wildman–Crippen MR) is 118 cm³/mol. The number of rotatable bonds is 2. The molecule has 0 unspecified atom stereocenters. The molecule has 1 radical (unpaired) electrons. The summed E-state index contributed by atoms with van der Waals surface area (Å²) < 4.78 is 6.85. The van der Waals surface area contributed by atoms with Gasteiger partial charge in [0, 0.05) is 6.10 Å². The zero-order chi connectivity index (χ0) is 19.7. The quantitative estimate of drug-likeness (QED) is 0.351. The molecule has 0 heterocycles. The molecule has 0 aromatic rings. The molecule has 4 aliphatic rings. The van der Waals surface area contributed by atoms with E-state index in [0.29, 0.717) is 22.0 Å². The summed E-state index contributed by atoms with van der Waals surface area (Å²) in [4.78, 5) is 0. The van der Waals surface area contributed by atoms with Crippen LogP contribution in [0.4, 0.5) is 0 Å². The maximum absolute atomic E-state index is 6.85. The van der Waals surface area contributed by atoms with Gasteiger partial charge in [0.05, 0.1) is 0 Å². The van der Waals surface area contributed by atoms with Crippen LogP contribution < -0.4 is 0 Å². The molecule has 1 nitrogen and oxygen atoms in total. The van der Waals surface area contributed by atoms with Crippen LogP contribution in [0.5, 0.6) is 0 Å². The fourth-order valence-electron chi connectivity index (χ4n) is 7.06. The highest BCUT2D eigenvalue weighted by Gasteiger charge is 2.56. The fourth-order valence-corrected chi connectivity index (χ4v) is 8.45. The van der Waals surface area contributed by atoms with Crippen molar-refractivity contribution in [1.29, 1.82) is 0 Å². The average molecular weight is 388 g/mol. The van der Waals surface area contributed by atoms with Crippen molar-refractivity contribution in [2.24, 2.45) is 28.6 Å². The van der Waals surface area contributed by atoms with Gasteiger partial charge in [0.15, 0.2) is 8.32 Å². The van der Waals surface area contributed by atoms with Crippen LogP contribution in [-0.4, -0.2) is 14.4 Å². The minimum absolute atomic E-state index is 0.312. The predicted octanol–water partition coefficient (Wildman–Crippen LogP) is 7.54. The van der Waals surface area contributed by atoms with E-state index in [1.807, 2.05) is 0 Å². The maximum atomic E-state index is 6.85. The molecule has 0 saturated heterocycles. The van der Waals surface area contributed by atoms with Gasteiger partial charge in [-0.15, -0.1) is 0 Å². The highest BCUT2D eigenvalue weighted by atomic mass is 28.4. The smallest absolute Gasteiger partial charge is 0.192 e. The lowest BCUT2D eigenvalue weighted by Gasteiger charge is -2.57. The molecule has 3 saturated carbocycles. The van der Waals surface area contributed by atoms with Crippen molar-refractivity contribution in [1.82, 2.24) is 0 Å². The first-order chi connectivity index (χ1) is 12.5. The molecule has 2 heteroatoms. The first-order valence-electron chi connectivity index (χ1n) is 11.7. The van der Waals surface area contributed by atoms with Gasteiger partial charge in [0.1, 0.15) is 0 Å². The van der Waals surface area contributed by atoms with Gasteiger partial charge in [-0.05, 0) is 105 Å². The molecule has 0 N–H and O–H groups in total. The van der Waals surface area contributed by atoms with Gasteiger partial charge >= 0.3 is 0 Å². The second-order valence-electron chi connectivity index (χ2n) is 12.3. The van der Waals surface area contributed by atoms with E-state index in [1.165, 1.54) is 51.4 Å². The lowest BCUT2D eigenvalue weighted by atomic mass is 9.48. The second-order valence-corrected chi connectivity index (χ2v) is 17.1. The molecule has 4 rings (SSSR count). The minimum atomic E-state index is -1.67. The molecule has 3 fully saturated rings. The van der Waals surface area contributed by atoms with Crippen LogP contribution in [0.3, 0.4) is 0 Å². The summed E-state index contributed by atoms with van der Waals surface area (Å²) in [6.45, 7) is 17.1. The Morgan fingerprint density at radius 1 is 1.04 bits per heavy atom. The topological polar surface area (TPSA) is 9.23 Å². The third-order valence-corrected chi connectivity index (χ3v) is 14.4. The Kier molecular flexibility index (Phi) is 4.83. The highest BCUT2D eigenvalue weighted by Crippen LogP contribution is 2.64. The average Bonchev–Trinajstić information content (AvgIpc) is 2.95. The van der Waals surface area contributed by atoms with Crippen molar-refractivity contribution >= 4 is 8.32 Å². The molecule has 27 heavy (non-hydrogen) atoms. The number of hydrogen-bond acceptors (Lipinski definition) is 1. The molecule has 0 aliphatic heterocycles. The van der Waals surface area contributed by atoms with Crippen LogP contribution in [0.1, 0.15) is 86.0 Å². The maximum Gasteiger partial charge on any atom is 0.192 e. The Bertz CT molecular complexity index is 614. The van der Waals surface area contributed by atoms with Gasteiger partial charge in [-0.3, -0.25) is 0 Å². The van der Waals surface area contributed by atoms with Crippen molar-refractivity contribution in [3.63, 3.8) is 0 Å². The molecule has 0 spiro atoms. The van der Waals surface area contributed by atoms with Gasteiger partial charge in [-0.2, -0.15) is 0 Å². The summed E-state index contributed by atoms with van der Waals surface area (Å²) >= 11 is 0. The van der Waals surface area contributed by atoms with Crippen molar-refractivity contribution in [2.45, 2.75) is 110 Å². The molecular weight excluding hydrogens is 344 g/mol. The molecule has 6 atom stereocenters. The van der Waals surface area contributed by atoms with E-state index in [1.54, 1.807) is 5.57 Å². The van der Waals surface area contributed by atoms with Crippen LogP contribution in [0.2, 0.25) is 18.1 Å². The highest BCUT2D eigenvalue weighted by molar-refractivity contribution is 6.74. The van der Waals surface area contributed by atoms with E-state index in [0.717, 1.165) is 17.8 Å². The molecule has 0 aromatic heterocycles. The van der Waals surface area contributed by atoms with Gasteiger partial charge in [-0.1, -0.05) is 46.3 Å². The van der Waals surface area contributed by atoms with Crippen molar-refractivity contribution < 1.29 is 4.43 Å². The molecule has 4 aliphatic carbocycles. The van der Waals surface area contributed by atoms with Gasteiger partial charge in [-0.25, -0.2) is 0 Å². The monoisotopic (exact) mass is 387 g/mol. The summed E-state index contributed by atoms with van der Waals surface area (Å²) in [7, 11) is -1.67. The normalized spacial score (nSPS) is 44.9. The summed E-state index contributed by atoms with van der Waals surface area (Å²) in [6, 6.07) is 0. The van der Waals surface area contributed by atoms with Crippen LogP contribution >= 0.6 is 0 Å². The first kappa shape index (κ1) is 20.2. The fraction of sp³-hybridized carbons (Fsp3) is 0.880. The summed E-state index contributed by atoms with van der Waals surface area (Å²) in [6.07, 6.45) is 16.7. The van der Waals surface area contributed by atoms with E-state index < -0.39 is 8.32 Å². The molecule has 0 aromatic carbocycles. The summed E-state index contributed by atoms with van der Waals surface area (Å²) in [5.74, 6) is 2.82. The van der Waals surface area contributed by atoms with Gasteiger partial charge in [0.25, 0.3) is 0 Å². The lowest BCUT2D eigenvalue weighted by Crippen LogP contribution is -2.51. The van der Waals surface area contributed by atoms with E-state index in [4.69, 9.17) is 4.43 Å². The Labute approximate surface area is 169 Å². The van der Waals surface area contributed by atoms with Crippen LogP contribution in [0.15, 0.2) is 11.6 Å². The van der Waals surface area contributed by atoms with E-state index in [2.05, 4.69) is 60.2 Å². The standard InChI is InChI=1S/C25H43OSi/c1-23(2,3)27(6,7)26-19-12-16-25(5)18(17-19)10-11-20-21-9-8-14-24(21,4)15-13-22(20)25/h10,14,19-22H,8-9,11-13,15-17H2,1-7H3/t19-,20-,21-,22-,24-,25-/m0/s1. The van der Waals surface area contributed by atoms with Crippen molar-refractivity contribution in [3.8, 4) is 0 Å². The van der Waals surface area contributed by atoms with Gasteiger partial charge in [0.2, 0.25) is 0 Å². The molecular formula is C25H43OSi. The Balaban J connectivity index is 1.52. The summed E-state index contributed by atoms with van der Waals surface area (Å²) in [5, 5.41) is 0.312. The molecule has 0 amide bonds. The second kappa shape index (κ2) is 6.46. The third-order valence-electron chi connectivity index (χ3n) is 9.85. The largest absolute Gasteiger partial charge is 0.414 e. The summed E-state index contributed by atoms with van der Waals surface area (Å²) in [5.41, 5.74) is 2.77. The number of fused-ring (bicyclic) bond motifs is 5. The molecule has 0 bridgehead atoms. The van der Waals surface area contributed by atoms with Crippen LogP contribution in [0, 0.1) is 35.0 Å². The Morgan fingerprint density at radius 2 is 1.78 bits per heavy atom. The lowest BCUT2D eigenvalue weighted by molar-refractivity contribution is -0.0262. The minimum Gasteiger partial charge on any atom is -0.414 e. The van der Waals surface area contributed by atoms with Crippen LogP contribution in [0.25, 0.3) is 0 Å². The van der Waals surface area contributed by atoms with E-state index in [-0.39, 0.29) is 0 Å². The van der Waals surface area contributed by atoms with Crippen molar-refractivity contribution in [3.05, 3.63) is 18.1 Å². The SMILES string of the molecule is CC(C)(C)[Si](C)(C)O[C@H]1CC[C@@]2(C)C(=CC[C@H]3[C@@H]4CC[CH][C@@]4(C)CC[C@@H]32)C1. The van der Waals surface area contributed by atoms with Crippen LogP contribution in [-0.2, 0) is 4.43 Å². The van der Waals surface area contributed by atoms with Crippen molar-refractivity contribution in [2.75, 3.05) is 0 Å². The van der Waals surface area contributed by atoms with E-state index >= 15 is 0 Å². The van der Waals surface area contributed by atoms with Gasteiger partial charge < -0.3 is 4.43 Å². The Morgan fingerprint density at radius 3 is 2.48 bits per heavy atom. The van der Waals surface area contributed by atoms with E-state index in [9.17, 15) is 0 Å². The zero-order valence-corrected chi connectivity index (χ0v) is 20.0.